The second kappa shape index (κ2) is 5.54. The minimum atomic E-state index is -0.225. The SMILES string of the molecule is CON(C)C(=O)c1cc(Cl)c2cncn2c1N1CCCC1. The van der Waals surface area contributed by atoms with Gasteiger partial charge in [0.1, 0.15) is 12.1 Å². The maximum atomic E-state index is 12.6. The Hall–Kier alpha value is -1.79. The second-order valence-corrected chi connectivity index (χ2v) is 5.46. The summed E-state index contributed by atoms with van der Waals surface area (Å²) in [6, 6.07) is 1.70. The Labute approximate surface area is 127 Å². The van der Waals surface area contributed by atoms with Crippen LogP contribution in [0.25, 0.3) is 5.52 Å². The van der Waals surface area contributed by atoms with E-state index in [-0.39, 0.29) is 5.91 Å². The zero-order valence-electron chi connectivity index (χ0n) is 12.0. The molecule has 1 saturated heterocycles. The lowest BCUT2D eigenvalue weighted by atomic mass is 10.2. The molecule has 6 nitrogen and oxygen atoms in total. The van der Waals surface area contributed by atoms with Gasteiger partial charge in [-0.15, -0.1) is 0 Å². The average molecular weight is 309 g/mol. The highest BCUT2D eigenvalue weighted by atomic mass is 35.5. The molecule has 0 unspecified atom stereocenters. The van der Waals surface area contributed by atoms with E-state index in [0.717, 1.165) is 37.3 Å². The number of fused-ring (bicyclic) bond motifs is 1. The van der Waals surface area contributed by atoms with Crippen molar-refractivity contribution < 1.29 is 9.63 Å². The Morgan fingerprint density at radius 2 is 2.14 bits per heavy atom. The summed E-state index contributed by atoms with van der Waals surface area (Å²) in [5.41, 5.74) is 1.33. The fourth-order valence-corrected chi connectivity index (χ4v) is 2.95. The fraction of sp³-hybridized carbons (Fsp3) is 0.429. The maximum absolute atomic E-state index is 12.6. The van der Waals surface area contributed by atoms with Gasteiger partial charge in [0.25, 0.3) is 5.91 Å². The van der Waals surface area contributed by atoms with Gasteiger partial charge in [0.15, 0.2) is 0 Å². The number of hydroxylamine groups is 2. The first-order chi connectivity index (χ1) is 10.1. The molecule has 0 radical (unpaired) electrons. The maximum Gasteiger partial charge on any atom is 0.280 e. The molecule has 0 atom stereocenters. The Morgan fingerprint density at radius 1 is 1.43 bits per heavy atom. The van der Waals surface area contributed by atoms with Gasteiger partial charge in [-0.2, -0.15) is 0 Å². The van der Waals surface area contributed by atoms with Gasteiger partial charge in [0.2, 0.25) is 0 Å². The summed E-state index contributed by atoms with van der Waals surface area (Å²) in [5.74, 6) is 0.607. The summed E-state index contributed by atoms with van der Waals surface area (Å²) < 4.78 is 1.88. The average Bonchev–Trinajstić information content (AvgIpc) is 3.16. The summed E-state index contributed by atoms with van der Waals surface area (Å²) in [6.07, 6.45) is 5.63. The first-order valence-electron chi connectivity index (χ1n) is 6.85. The summed E-state index contributed by atoms with van der Waals surface area (Å²) in [5, 5.41) is 1.71. The van der Waals surface area contributed by atoms with E-state index in [4.69, 9.17) is 16.4 Å². The van der Waals surface area contributed by atoms with E-state index in [9.17, 15) is 4.79 Å². The van der Waals surface area contributed by atoms with Crippen LogP contribution in [-0.2, 0) is 4.84 Å². The molecule has 0 aromatic carbocycles. The number of carbonyl (C=O) groups excluding carboxylic acids is 1. The van der Waals surface area contributed by atoms with Gasteiger partial charge in [-0.3, -0.25) is 14.0 Å². The minimum Gasteiger partial charge on any atom is -0.357 e. The van der Waals surface area contributed by atoms with Crippen LogP contribution in [0.2, 0.25) is 5.02 Å². The zero-order valence-corrected chi connectivity index (χ0v) is 12.8. The predicted octanol–water partition coefficient (Wildman–Crippen LogP) is 2.22. The van der Waals surface area contributed by atoms with Crippen LogP contribution in [0.5, 0.6) is 0 Å². The van der Waals surface area contributed by atoms with E-state index in [1.54, 1.807) is 25.6 Å². The van der Waals surface area contributed by atoms with Crippen molar-refractivity contribution in [2.45, 2.75) is 12.8 Å². The number of halogens is 1. The Morgan fingerprint density at radius 3 is 2.81 bits per heavy atom. The Kier molecular flexibility index (Phi) is 3.73. The van der Waals surface area contributed by atoms with E-state index in [2.05, 4.69) is 9.88 Å². The van der Waals surface area contributed by atoms with Crippen LogP contribution < -0.4 is 4.90 Å². The minimum absolute atomic E-state index is 0.225. The molecule has 1 aliphatic rings. The van der Waals surface area contributed by atoms with Crippen LogP contribution in [-0.4, -0.2) is 47.6 Å². The molecular formula is C14H17ClN4O2. The molecule has 7 heteroatoms. The van der Waals surface area contributed by atoms with Gasteiger partial charge in [0.05, 0.1) is 29.4 Å². The molecule has 0 saturated carbocycles. The highest BCUT2D eigenvalue weighted by Gasteiger charge is 2.25. The molecule has 0 bridgehead atoms. The van der Waals surface area contributed by atoms with Crippen molar-refractivity contribution in [3.8, 4) is 0 Å². The molecule has 0 aliphatic carbocycles. The van der Waals surface area contributed by atoms with Gasteiger partial charge in [0, 0.05) is 20.1 Å². The van der Waals surface area contributed by atoms with Crippen LogP contribution in [0.4, 0.5) is 5.82 Å². The van der Waals surface area contributed by atoms with Gasteiger partial charge >= 0.3 is 0 Å². The Bertz CT molecular complexity index is 679. The normalized spacial score (nSPS) is 14.9. The molecule has 1 aliphatic heterocycles. The van der Waals surface area contributed by atoms with Crippen LogP contribution in [0.1, 0.15) is 23.2 Å². The van der Waals surface area contributed by atoms with Gasteiger partial charge in [-0.05, 0) is 18.9 Å². The number of hydrogen-bond donors (Lipinski definition) is 0. The summed E-state index contributed by atoms with van der Waals surface area (Å²) in [4.78, 5) is 23.9. The largest absolute Gasteiger partial charge is 0.357 e. The monoisotopic (exact) mass is 308 g/mol. The first kappa shape index (κ1) is 14.2. The Balaban J connectivity index is 2.21. The van der Waals surface area contributed by atoms with E-state index >= 15 is 0 Å². The summed E-state index contributed by atoms with van der Waals surface area (Å²) in [7, 11) is 3.05. The number of carbonyl (C=O) groups is 1. The number of hydrogen-bond acceptors (Lipinski definition) is 4. The van der Waals surface area contributed by atoms with Gasteiger partial charge in [-0.25, -0.2) is 10.0 Å². The molecule has 1 fully saturated rings. The molecule has 3 heterocycles. The molecule has 0 N–H and O–H groups in total. The lowest BCUT2D eigenvalue weighted by Gasteiger charge is -2.24. The highest BCUT2D eigenvalue weighted by Crippen LogP contribution is 2.31. The molecule has 21 heavy (non-hydrogen) atoms. The van der Waals surface area contributed by atoms with Crippen LogP contribution in [0.15, 0.2) is 18.6 Å². The number of imidazole rings is 1. The topological polar surface area (TPSA) is 50.1 Å². The second-order valence-electron chi connectivity index (χ2n) is 5.06. The third kappa shape index (κ3) is 2.34. The lowest BCUT2D eigenvalue weighted by Crippen LogP contribution is -2.30. The number of rotatable bonds is 3. The smallest absolute Gasteiger partial charge is 0.280 e. The van der Waals surface area contributed by atoms with E-state index in [1.165, 1.54) is 12.2 Å². The predicted molar refractivity (Wildman–Crippen MR) is 80.8 cm³/mol. The number of aromatic nitrogens is 2. The first-order valence-corrected chi connectivity index (χ1v) is 7.23. The van der Waals surface area contributed by atoms with Crippen molar-refractivity contribution in [2.75, 3.05) is 32.1 Å². The molecule has 2 aromatic rings. The molecule has 112 valence electrons. The molecule has 1 amide bonds. The van der Waals surface area contributed by atoms with E-state index in [1.807, 2.05) is 4.40 Å². The number of nitrogens with zero attached hydrogens (tertiary/aromatic N) is 4. The van der Waals surface area contributed by atoms with Crippen LogP contribution >= 0.6 is 11.6 Å². The third-order valence-corrected chi connectivity index (χ3v) is 4.12. The third-order valence-electron chi connectivity index (χ3n) is 3.82. The standard InChI is InChI=1S/C14H17ClN4O2/c1-17(21-2)14(20)10-7-11(15)12-8-16-9-19(12)13(10)18-5-3-4-6-18/h7-9H,3-6H2,1-2H3. The molecule has 3 rings (SSSR count). The number of amides is 1. The van der Waals surface area contributed by atoms with Crippen LogP contribution in [0.3, 0.4) is 0 Å². The number of anilines is 1. The van der Waals surface area contributed by atoms with Gasteiger partial charge < -0.3 is 4.90 Å². The molecule has 2 aromatic heterocycles. The number of pyridine rings is 1. The molecular weight excluding hydrogens is 292 g/mol. The lowest BCUT2D eigenvalue weighted by molar-refractivity contribution is -0.0756. The quantitative estimate of drug-likeness (QED) is 0.816. The van der Waals surface area contributed by atoms with Gasteiger partial charge in [-0.1, -0.05) is 11.6 Å². The van der Waals surface area contributed by atoms with E-state index < -0.39 is 0 Å². The van der Waals surface area contributed by atoms with Crippen molar-refractivity contribution in [2.24, 2.45) is 0 Å². The fourth-order valence-electron chi connectivity index (χ4n) is 2.70. The zero-order chi connectivity index (χ0) is 15.0. The summed E-state index contributed by atoms with van der Waals surface area (Å²) >= 11 is 6.28. The van der Waals surface area contributed by atoms with Crippen molar-refractivity contribution >= 4 is 28.8 Å². The van der Waals surface area contributed by atoms with Crippen LogP contribution in [0, 0.1) is 0 Å². The summed E-state index contributed by atoms with van der Waals surface area (Å²) in [6.45, 7) is 1.85. The van der Waals surface area contributed by atoms with Crippen molar-refractivity contribution in [3.05, 3.63) is 29.2 Å². The molecule has 0 spiro atoms. The van der Waals surface area contributed by atoms with Crippen molar-refractivity contribution in [1.29, 1.82) is 0 Å². The highest BCUT2D eigenvalue weighted by molar-refractivity contribution is 6.34. The van der Waals surface area contributed by atoms with Crippen molar-refractivity contribution in [3.63, 3.8) is 0 Å². The van der Waals surface area contributed by atoms with Crippen molar-refractivity contribution in [1.82, 2.24) is 14.4 Å². The van der Waals surface area contributed by atoms with E-state index in [0.29, 0.717) is 10.6 Å².